The van der Waals surface area contributed by atoms with Crippen LogP contribution in [-0.2, 0) is 9.47 Å². The fraction of sp³-hybridized carbons (Fsp3) is 1.00. The SMILES string of the molecule is COC(C)CNCC1(OC)CCC1. The van der Waals surface area contributed by atoms with Crippen molar-refractivity contribution in [3.05, 3.63) is 0 Å². The second-order valence-electron chi connectivity index (χ2n) is 3.92. The lowest BCUT2D eigenvalue weighted by Crippen LogP contribution is -2.49. The van der Waals surface area contributed by atoms with E-state index in [1.54, 1.807) is 14.2 Å². The smallest absolute Gasteiger partial charge is 0.0802 e. The predicted octanol–water partition coefficient (Wildman–Crippen LogP) is 1.18. The van der Waals surface area contributed by atoms with E-state index in [0.717, 1.165) is 13.1 Å². The molecule has 78 valence electrons. The lowest BCUT2D eigenvalue weighted by Gasteiger charge is -2.40. The summed E-state index contributed by atoms with van der Waals surface area (Å²) in [5, 5.41) is 3.38. The Balaban J connectivity index is 2.10. The Kier molecular flexibility index (Phi) is 4.16. The van der Waals surface area contributed by atoms with Crippen LogP contribution in [0.3, 0.4) is 0 Å². The highest BCUT2D eigenvalue weighted by molar-refractivity contribution is 4.91. The van der Waals surface area contributed by atoms with Crippen molar-refractivity contribution in [3.63, 3.8) is 0 Å². The van der Waals surface area contributed by atoms with Crippen molar-refractivity contribution in [2.45, 2.75) is 37.9 Å². The monoisotopic (exact) mass is 187 g/mol. The van der Waals surface area contributed by atoms with Gasteiger partial charge in [0, 0.05) is 27.3 Å². The molecular weight excluding hydrogens is 166 g/mol. The van der Waals surface area contributed by atoms with Crippen molar-refractivity contribution in [1.82, 2.24) is 5.32 Å². The van der Waals surface area contributed by atoms with E-state index < -0.39 is 0 Å². The molecule has 0 spiro atoms. The van der Waals surface area contributed by atoms with Gasteiger partial charge in [-0.1, -0.05) is 0 Å². The van der Waals surface area contributed by atoms with Gasteiger partial charge in [-0.05, 0) is 26.2 Å². The Morgan fingerprint density at radius 1 is 1.38 bits per heavy atom. The van der Waals surface area contributed by atoms with E-state index in [0.29, 0.717) is 0 Å². The molecule has 0 aromatic rings. The first-order chi connectivity index (χ1) is 6.22. The average Bonchev–Trinajstić information content (AvgIpc) is 2.09. The summed E-state index contributed by atoms with van der Waals surface area (Å²) in [6, 6.07) is 0. The van der Waals surface area contributed by atoms with Gasteiger partial charge in [0.25, 0.3) is 0 Å². The minimum atomic E-state index is 0.132. The van der Waals surface area contributed by atoms with E-state index in [1.807, 2.05) is 0 Å². The standard InChI is InChI=1S/C10H21NO2/c1-9(12-2)7-11-8-10(13-3)5-4-6-10/h9,11H,4-8H2,1-3H3. The molecule has 0 aromatic carbocycles. The van der Waals surface area contributed by atoms with Crippen LogP contribution in [0.1, 0.15) is 26.2 Å². The van der Waals surface area contributed by atoms with Gasteiger partial charge in [-0.3, -0.25) is 0 Å². The van der Waals surface area contributed by atoms with Crippen LogP contribution in [0.25, 0.3) is 0 Å². The number of methoxy groups -OCH3 is 2. The summed E-state index contributed by atoms with van der Waals surface area (Å²) >= 11 is 0. The topological polar surface area (TPSA) is 30.5 Å². The van der Waals surface area contributed by atoms with E-state index in [9.17, 15) is 0 Å². The van der Waals surface area contributed by atoms with Crippen LogP contribution in [0.15, 0.2) is 0 Å². The van der Waals surface area contributed by atoms with Crippen LogP contribution in [-0.4, -0.2) is 39.0 Å². The van der Waals surface area contributed by atoms with Crippen LogP contribution >= 0.6 is 0 Å². The predicted molar refractivity (Wildman–Crippen MR) is 52.9 cm³/mol. The van der Waals surface area contributed by atoms with Gasteiger partial charge in [0.15, 0.2) is 0 Å². The van der Waals surface area contributed by atoms with Crippen molar-refractivity contribution in [2.75, 3.05) is 27.3 Å². The summed E-state index contributed by atoms with van der Waals surface area (Å²) in [5.74, 6) is 0. The molecule has 1 atom stereocenters. The second kappa shape index (κ2) is 4.94. The van der Waals surface area contributed by atoms with Gasteiger partial charge in [0.2, 0.25) is 0 Å². The molecule has 0 heterocycles. The summed E-state index contributed by atoms with van der Waals surface area (Å²) in [6.45, 7) is 3.92. The Bertz CT molecular complexity index is 140. The summed E-state index contributed by atoms with van der Waals surface area (Å²) in [7, 11) is 3.54. The van der Waals surface area contributed by atoms with Gasteiger partial charge in [0.1, 0.15) is 0 Å². The van der Waals surface area contributed by atoms with E-state index >= 15 is 0 Å². The molecule has 0 amide bonds. The van der Waals surface area contributed by atoms with Crippen molar-refractivity contribution in [1.29, 1.82) is 0 Å². The molecule has 1 saturated carbocycles. The number of hydrogen-bond donors (Lipinski definition) is 1. The number of ether oxygens (including phenoxy) is 2. The lowest BCUT2D eigenvalue weighted by molar-refractivity contribution is -0.0705. The van der Waals surface area contributed by atoms with Crippen LogP contribution < -0.4 is 5.32 Å². The summed E-state index contributed by atoms with van der Waals surface area (Å²) in [6.07, 6.45) is 3.97. The minimum Gasteiger partial charge on any atom is -0.380 e. The molecule has 3 heteroatoms. The molecule has 0 aromatic heterocycles. The zero-order chi connectivity index (χ0) is 9.73. The molecule has 1 fully saturated rings. The maximum Gasteiger partial charge on any atom is 0.0802 e. The molecule has 1 N–H and O–H groups in total. The first-order valence-corrected chi connectivity index (χ1v) is 5.01. The lowest BCUT2D eigenvalue weighted by atomic mass is 9.80. The quantitative estimate of drug-likeness (QED) is 0.677. The molecular formula is C10H21NO2. The highest BCUT2D eigenvalue weighted by Crippen LogP contribution is 2.34. The molecule has 1 aliphatic carbocycles. The van der Waals surface area contributed by atoms with Crippen LogP contribution in [0.4, 0.5) is 0 Å². The molecule has 1 rings (SSSR count). The normalized spacial score (nSPS) is 22.4. The summed E-state index contributed by atoms with van der Waals surface area (Å²) in [4.78, 5) is 0. The van der Waals surface area contributed by atoms with Crippen molar-refractivity contribution in [3.8, 4) is 0 Å². The van der Waals surface area contributed by atoms with Crippen LogP contribution in [0.5, 0.6) is 0 Å². The highest BCUT2D eigenvalue weighted by atomic mass is 16.5. The minimum absolute atomic E-state index is 0.132. The molecule has 0 saturated heterocycles. The van der Waals surface area contributed by atoms with Gasteiger partial charge in [-0.25, -0.2) is 0 Å². The van der Waals surface area contributed by atoms with E-state index in [4.69, 9.17) is 9.47 Å². The Labute approximate surface area is 80.8 Å². The number of hydrogen-bond acceptors (Lipinski definition) is 3. The fourth-order valence-corrected chi connectivity index (χ4v) is 1.61. The molecule has 0 radical (unpaired) electrons. The Hall–Kier alpha value is -0.120. The molecule has 1 unspecified atom stereocenters. The maximum absolute atomic E-state index is 5.49. The van der Waals surface area contributed by atoms with Gasteiger partial charge in [-0.15, -0.1) is 0 Å². The Morgan fingerprint density at radius 3 is 2.46 bits per heavy atom. The average molecular weight is 187 g/mol. The zero-order valence-electron chi connectivity index (χ0n) is 8.93. The fourth-order valence-electron chi connectivity index (χ4n) is 1.61. The van der Waals surface area contributed by atoms with Crippen LogP contribution in [0, 0.1) is 0 Å². The first kappa shape index (κ1) is 11.0. The Morgan fingerprint density at radius 2 is 2.08 bits per heavy atom. The molecule has 0 aliphatic heterocycles. The van der Waals surface area contributed by atoms with Gasteiger partial charge < -0.3 is 14.8 Å². The van der Waals surface area contributed by atoms with Crippen molar-refractivity contribution >= 4 is 0 Å². The maximum atomic E-state index is 5.49. The number of nitrogens with one attached hydrogen (secondary N) is 1. The summed E-state index contributed by atoms with van der Waals surface area (Å²) < 4.78 is 10.6. The molecule has 0 bridgehead atoms. The van der Waals surface area contributed by atoms with Crippen LogP contribution in [0.2, 0.25) is 0 Å². The molecule has 13 heavy (non-hydrogen) atoms. The third-order valence-corrected chi connectivity index (χ3v) is 2.98. The third kappa shape index (κ3) is 2.93. The van der Waals surface area contributed by atoms with Gasteiger partial charge >= 0.3 is 0 Å². The van der Waals surface area contributed by atoms with Gasteiger partial charge in [-0.2, -0.15) is 0 Å². The van der Waals surface area contributed by atoms with Gasteiger partial charge in [0.05, 0.1) is 11.7 Å². The van der Waals surface area contributed by atoms with E-state index in [1.165, 1.54) is 19.3 Å². The highest BCUT2D eigenvalue weighted by Gasteiger charge is 2.36. The molecule has 3 nitrogen and oxygen atoms in total. The largest absolute Gasteiger partial charge is 0.380 e. The molecule has 1 aliphatic rings. The number of rotatable bonds is 6. The zero-order valence-corrected chi connectivity index (χ0v) is 8.93. The summed E-state index contributed by atoms with van der Waals surface area (Å²) in [5.41, 5.74) is 0.132. The second-order valence-corrected chi connectivity index (χ2v) is 3.92. The van der Waals surface area contributed by atoms with E-state index in [2.05, 4.69) is 12.2 Å². The van der Waals surface area contributed by atoms with Crippen molar-refractivity contribution < 1.29 is 9.47 Å². The van der Waals surface area contributed by atoms with Crippen molar-refractivity contribution in [2.24, 2.45) is 0 Å². The third-order valence-electron chi connectivity index (χ3n) is 2.98. The van der Waals surface area contributed by atoms with E-state index in [-0.39, 0.29) is 11.7 Å². The first-order valence-electron chi connectivity index (χ1n) is 5.01.